The third-order valence-corrected chi connectivity index (χ3v) is 2.60. The van der Waals surface area contributed by atoms with Crippen molar-refractivity contribution in [2.24, 2.45) is 0 Å². The van der Waals surface area contributed by atoms with Gasteiger partial charge in [-0.3, -0.25) is 0 Å². The number of halogens is 1. The molecule has 1 aliphatic rings. The maximum atomic E-state index is 12.7. The van der Waals surface area contributed by atoms with E-state index in [1.807, 2.05) is 0 Å². The van der Waals surface area contributed by atoms with Crippen LogP contribution in [-0.2, 0) is 0 Å². The number of aromatic nitrogens is 1. The fourth-order valence-corrected chi connectivity index (χ4v) is 1.82. The van der Waals surface area contributed by atoms with Crippen molar-refractivity contribution in [2.45, 2.75) is 25.7 Å². The van der Waals surface area contributed by atoms with E-state index in [1.54, 1.807) is 12.1 Å². The highest BCUT2D eigenvalue weighted by Crippen LogP contribution is 2.20. The summed E-state index contributed by atoms with van der Waals surface area (Å²) < 4.78 is 12.7. The molecule has 0 saturated carbocycles. The van der Waals surface area contributed by atoms with E-state index >= 15 is 0 Å². The zero-order chi connectivity index (χ0) is 10.5. The van der Waals surface area contributed by atoms with E-state index in [-0.39, 0.29) is 0 Å². The minimum absolute atomic E-state index is 0.430. The minimum atomic E-state index is -0.430. The molecule has 80 valence electrons. The Labute approximate surface area is 89.2 Å². The summed E-state index contributed by atoms with van der Waals surface area (Å²) in [5.74, 6) is 0.189. The van der Waals surface area contributed by atoms with E-state index in [0.29, 0.717) is 5.82 Å². The number of hydrogen-bond acceptors (Lipinski definition) is 2. The molecule has 0 fully saturated rings. The fraction of sp³-hybridized carbons (Fsp3) is 0.417. The van der Waals surface area contributed by atoms with Gasteiger partial charge in [0.1, 0.15) is 5.82 Å². The van der Waals surface area contributed by atoms with Gasteiger partial charge in [0.25, 0.3) is 0 Å². The van der Waals surface area contributed by atoms with Crippen molar-refractivity contribution in [1.82, 2.24) is 4.98 Å². The standard InChI is InChI=1S/C12H15FN2/c13-11-6-3-7-12(15-11)14-9-8-10-4-1-2-5-10/h3-4,6-7H,1-2,5,8-9H2,(H,14,15). The first-order valence-electron chi connectivity index (χ1n) is 5.39. The normalized spacial score (nSPS) is 15.1. The van der Waals surface area contributed by atoms with Gasteiger partial charge >= 0.3 is 0 Å². The van der Waals surface area contributed by atoms with Crippen molar-refractivity contribution in [2.75, 3.05) is 11.9 Å². The Morgan fingerprint density at radius 1 is 1.40 bits per heavy atom. The van der Waals surface area contributed by atoms with Crippen molar-refractivity contribution in [3.8, 4) is 0 Å². The van der Waals surface area contributed by atoms with E-state index < -0.39 is 5.95 Å². The molecule has 1 aliphatic carbocycles. The van der Waals surface area contributed by atoms with E-state index in [9.17, 15) is 4.39 Å². The van der Waals surface area contributed by atoms with Gasteiger partial charge in [-0.05, 0) is 37.8 Å². The number of pyridine rings is 1. The van der Waals surface area contributed by atoms with Gasteiger partial charge in [0.2, 0.25) is 5.95 Å². The van der Waals surface area contributed by atoms with Crippen LogP contribution in [0.1, 0.15) is 25.7 Å². The second kappa shape index (κ2) is 4.91. The zero-order valence-corrected chi connectivity index (χ0v) is 8.67. The van der Waals surface area contributed by atoms with Gasteiger partial charge in [0.15, 0.2) is 0 Å². The van der Waals surface area contributed by atoms with Gasteiger partial charge in [0.05, 0.1) is 0 Å². The van der Waals surface area contributed by atoms with Gasteiger partial charge in [0, 0.05) is 6.54 Å². The van der Waals surface area contributed by atoms with Crippen LogP contribution in [-0.4, -0.2) is 11.5 Å². The molecular weight excluding hydrogens is 191 g/mol. The summed E-state index contributed by atoms with van der Waals surface area (Å²) in [6.07, 6.45) is 7.07. The largest absolute Gasteiger partial charge is 0.370 e. The lowest BCUT2D eigenvalue weighted by atomic mass is 10.2. The zero-order valence-electron chi connectivity index (χ0n) is 8.67. The van der Waals surface area contributed by atoms with Crippen LogP contribution in [0, 0.1) is 5.95 Å². The van der Waals surface area contributed by atoms with E-state index in [1.165, 1.54) is 30.9 Å². The molecule has 0 amide bonds. The lowest BCUT2D eigenvalue weighted by Crippen LogP contribution is -2.04. The molecule has 3 heteroatoms. The van der Waals surface area contributed by atoms with Crippen molar-refractivity contribution in [1.29, 1.82) is 0 Å². The second-order valence-corrected chi connectivity index (χ2v) is 3.78. The number of allylic oxidation sites excluding steroid dienone is 1. The Hall–Kier alpha value is -1.38. The lowest BCUT2D eigenvalue weighted by molar-refractivity contribution is 0.585. The molecule has 1 heterocycles. The van der Waals surface area contributed by atoms with Gasteiger partial charge in [-0.2, -0.15) is 4.39 Å². The van der Waals surface area contributed by atoms with Crippen molar-refractivity contribution < 1.29 is 4.39 Å². The van der Waals surface area contributed by atoms with E-state index in [2.05, 4.69) is 16.4 Å². The third-order valence-electron chi connectivity index (χ3n) is 2.60. The Bertz CT molecular complexity index is 360. The van der Waals surface area contributed by atoms with Crippen molar-refractivity contribution in [3.63, 3.8) is 0 Å². The molecule has 1 aromatic heterocycles. The average molecular weight is 206 g/mol. The molecule has 2 nitrogen and oxygen atoms in total. The first-order valence-corrected chi connectivity index (χ1v) is 5.39. The Morgan fingerprint density at radius 2 is 2.33 bits per heavy atom. The smallest absolute Gasteiger partial charge is 0.214 e. The first-order chi connectivity index (χ1) is 7.34. The maximum Gasteiger partial charge on any atom is 0.214 e. The van der Waals surface area contributed by atoms with E-state index in [4.69, 9.17) is 0 Å². The van der Waals surface area contributed by atoms with Crippen LogP contribution in [0.15, 0.2) is 29.8 Å². The van der Waals surface area contributed by atoms with Crippen molar-refractivity contribution in [3.05, 3.63) is 35.8 Å². The number of nitrogens with one attached hydrogen (secondary N) is 1. The summed E-state index contributed by atoms with van der Waals surface area (Å²) >= 11 is 0. The van der Waals surface area contributed by atoms with Crippen molar-refractivity contribution >= 4 is 5.82 Å². The second-order valence-electron chi connectivity index (χ2n) is 3.78. The third kappa shape index (κ3) is 3.05. The van der Waals surface area contributed by atoms with Crippen LogP contribution in [0.2, 0.25) is 0 Å². The van der Waals surface area contributed by atoms with Crippen LogP contribution in [0.25, 0.3) is 0 Å². The molecule has 0 aliphatic heterocycles. The van der Waals surface area contributed by atoms with Gasteiger partial charge in [-0.25, -0.2) is 4.98 Å². The highest BCUT2D eigenvalue weighted by atomic mass is 19.1. The molecule has 0 bridgehead atoms. The number of anilines is 1. The van der Waals surface area contributed by atoms with Crippen LogP contribution in [0.5, 0.6) is 0 Å². The summed E-state index contributed by atoms with van der Waals surface area (Å²) in [6.45, 7) is 0.836. The number of nitrogens with zero attached hydrogens (tertiary/aromatic N) is 1. The summed E-state index contributed by atoms with van der Waals surface area (Å²) in [4.78, 5) is 3.74. The van der Waals surface area contributed by atoms with Gasteiger partial charge in [-0.15, -0.1) is 0 Å². The highest BCUT2D eigenvalue weighted by molar-refractivity contribution is 5.33. The summed E-state index contributed by atoms with van der Waals surface area (Å²) in [5, 5.41) is 3.12. The molecule has 0 spiro atoms. The SMILES string of the molecule is Fc1cccc(NCCC2=CCCC2)n1. The van der Waals surface area contributed by atoms with Crippen LogP contribution >= 0.6 is 0 Å². The number of hydrogen-bond donors (Lipinski definition) is 1. The maximum absolute atomic E-state index is 12.7. The van der Waals surface area contributed by atoms with Gasteiger partial charge in [-0.1, -0.05) is 17.7 Å². The lowest BCUT2D eigenvalue weighted by Gasteiger charge is -2.05. The molecule has 15 heavy (non-hydrogen) atoms. The Balaban J connectivity index is 1.78. The predicted molar refractivity (Wildman–Crippen MR) is 59.2 cm³/mol. The highest BCUT2D eigenvalue weighted by Gasteiger charge is 2.03. The first kappa shape index (κ1) is 10.1. The molecule has 0 radical (unpaired) electrons. The summed E-state index contributed by atoms with van der Waals surface area (Å²) in [5.41, 5.74) is 1.51. The van der Waals surface area contributed by atoms with Crippen LogP contribution < -0.4 is 5.32 Å². The van der Waals surface area contributed by atoms with Gasteiger partial charge < -0.3 is 5.32 Å². The van der Waals surface area contributed by atoms with Crippen LogP contribution in [0.4, 0.5) is 10.2 Å². The average Bonchev–Trinajstić information content (AvgIpc) is 2.71. The Morgan fingerprint density at radius 3 is 3.07 bits per heavy atom. The predicted octanol–water partition coefficient (Wildman–Crippen LogP) is 3.13. The Kier molecular flexibility index (Phi) is 3.33. The molecule has 0 atom stereocenters. The number of rotatable bonds is 4. The monoisotopic (exact) mass is 206 g/mol. The molecule has 0 unspecified atom stereocenters. The molecule has 2 rings (SSSR count). The quantitative estimate of drug-likeness (QED) is 0.604. The molecule has 0 saturated heterocycles. The molecule has 1 N–H and O–H groups in total. The molecule has 1 aromatic rings. The minimum Gasteiger partial charge on any atom is -0.370 e. The molecular formula is C12H15FN2. The molecule has 0 aromatic carbocycles. The fourth-order valence-electron chi connectivity index (χ4n) is 1.82. The summed E-state index contributed by atoms with van der Waals surface area (Å²) in [6, 6.07) is 4.80. The topological polar surface area (TPSA) is 24.9 Å². The van der Waals surface area contributed by atoms with E-state index in [0.717, 1.165) is 13.0 Å². The van der Waals surface area contributed by atoms with Crippen LogP contribution in [0.3, 0.4) is 0 Å². The summed E-state index contributed by atoms with van der Waals surface area (Å²) in [7, 11) is 0.